The predicted molar refractivity (Wildman–Crippen MR) is 81.3 cm³/mol. The van der Waals surface area contributed by atoms with Gasteiger partial charge in [0.2, 0.25) is 0 Å². The first kappa shape index (κ1) is 18.5. The lowest BCUT2D eigenvalue weighted by molar-refractivity contribution is 0.408. The maximum atomic E-state index is 12.2. The third-order valence-corrected chi connectivity index (χ3v) is 4.23. The van der Waals surface area contributed by atoms with E-state index in [1.165, 1.54) is 11.8 Å². The predicted octanol–water partition coefficient (Wildman–Crippen LogP) is 3.57. The molecule has 0 aliphatic heterocycles. The molecule has 0 aliphatic rings. The molecule has 0 aliphatic carbocycles. The average molecular weight is 309 g/mol. The SMILES string of the molecule is CF.COc1cc(SCCF)c(SC)cc1CCN. The molecule has 0 saturated carbocycles. The van der Waals surface area contributed by atoms with Gasteiger partial charge >= 0.3 is 0 Å². The Kier molecular flexibility index (Phi) is 11.1. The highest BCUT2D eigenvalue weighted by Crippen LogP contribution is 2.35. The van der Waals surface area contributed by atoms with E-state index in [1.54, 1.807) is 18.9 Å². The standard InChI is InChI=1S/C12H18FNOS2.CH3F/c1-15-10-8-12(17-6-4-13)11(16-2)7-9(10)3-5-14;1-2/h7-8H,3-6,14H2,1-2H3;1H3. The van der Waals surface area contributed by atoms with Crippen LogP contribution in [0.3, 0.4) is 0 Å². The Bertz CT molecular complexity index is 365. The summed E-state index contributed by atoms with van der Waals surface area (Å²) in [5.74, 6) is 1.32. The van der Waals surface area contributed by atoms with Gasteiger partial charge in [0.05, 0.1) is 21.0 Å². The Morgan fingerprint density at radius 3 is 2.42 bits per heavy atom. The maximum Gasteiger partial charge on any atom is 0.123 e. The fraction of sp³-hybridized carbons (Fsp3) is 0.538. The van der Waals surface area contributed by atoms with Crippen LogP contribution in [0.2, 0.25) is 0 Å². The van der Waals surface area contributed by atoms with Gasteiger partial charge in [0, 0.05) is 15.5 Å². The Balaban J connectivity index is 0.00000154. The monoisotopic (exact) mass is 309 g/mol. The van der Waals surface area contributed by atoms with Crippen LogP contribution in [-0.4, -0.2) is 39.5 Å². The van der Waals surface area contributed by atoms with Crippen molar-refractivity contribution in [1.82, 2.24) is 0 Å². The zero-order valence-electron chi connectivity index (χ0n) is 11.5. The van der Waals surface area contributed by atoms with Crippen LogP contribution in [-0.2, 0) is 6.42 Å². The van der Waals surface area contributed by atoms with Crippen molar-refractivity contribution in [2.24, 2.45) is 5.73 Å². The van der Waals surface area contributed by atoms with Crippen molar-refractivity contribution in [3.8, 4) is 5.75 Å². The summed E-state index contributed by atoms with van der Waals surface area (Å²) in [4.78, 5) is 2.24. The van der Waals surface area contributed by atoms with Gasteiger partial charge in [-0.3, -0.25) is 8.78 Å². The van der Waals surface area contributed by atoms with Crippen LogP contribution in [0.4, 0.5) is 8.78 Å². The van der Waals surface area contributed by atoms with Crippen LogP contribution >= 0.6 is 23.5 Å². The molecular formula is C13H21F2NOS2. The highest BCUT2D eigenvalue weighted by molar-refractivity contribution is 8.02. The Morgan fingerprint density at radius 1 is 1.26 bits per heavy atom. The molecule has 0 aromatic heterocycles. The molecule has 0 heterocycles. The second-order valence-corrected chi connectivity index (χ2v) is 5.38. The number of ether oxygens (including phenoxy) is 1. The van der Waals surface area contributed by atoms with Crippen LogP contribution in [0, 0.1) is 0 Å². The lowest BCUT2D eigenvalue weighted by Crippen LogP contribution is -2.04. The van der Waals surface area contributed by atoms with Gasteiger partial charge in [0.15, 0.2) is 0 Å². The third kappa shape index (κ3) is 6.01. The fourth-order valence-electron chi connectivity index (χ4n) is 1.55. The van der Waals surface area contributed by atoms with E-state index in [9.17, 15) is 8.78 Å². The number of rotatable bonds is 7. The molecule has 1 aromatic carbocycles. The molecule has 0 spiro atoms. The Hall–Kier alpha value is -0.460. The summed E-state index contributed by atoms with van der Waals surface area (Å²) in [6.07, 6.45) is 2.82. The molecule has 1 aromatic rings. The number of hydrogen-bond donors (Lipinski definition) is 1. The quantitative estimate of drug-likeness (QED) is 0.781. The van der Waals surface area contributed by atoms with Gasteiger partial charge in [0.1, 0.15) is 5.75 Å². The van der Waals surface area contributed by atoms with Crippen molar-refractivity contribution >= 4 is 23.5 Å². The largest absolute Gasteiger partial charge is 0.496 e. The van der Waals surface area contributed by atoms with Crippen molar-refractivity contribution in [2.75, 3.05) is 39.5 Å². The van der Waals surface area contributed by atoms with E-state index in [4.69, 9.17) is 10.5 Å². The number of hydrogen-bond acceptors (Lipinski definition) is 4. The summed E-state index contributed by atoms with van der Waals surface area (Å²) < 4.78 is 27.1. The summed E-state index contributed by atoms with van der Waals surface area (Å²) in [6.45, 7) is 0.284. The number of alkyl halides is 2. The topological polar surface area (TPSA) is 35.2 Å². The number of nitrogens with two attached hydrogens (primary N) is 1. The number of benzene rings is 1. The van der Waals surface area contributed by atoms with Gasteiger partial charge in [-0.05, 0) is 36.9 Å². The van der Waals surface area contributed by atoms with Gasteiger partial charge in [0.25, 0.3) is 0 Å². The van der Waals surface area contributed by atoms with E-state index >= 15 is 0 Å². The molecule has 2 N–H and O–H groups in total. The van der Waals surface area contributed by atoms with Crippen molar-refractivity contribution in [2.45, 2.75) is 16.2 Å². The first-order valence-corrected chi connectivity index (χ1v) is 7.99. The molecule has 0 atom stereocenters. The third-order valence-electron chi connectivity index (χ3n) is 2.32. The minimum atomic E-state index is -0.314. The Morgan fingerprint density at radius 2 is 1.95 bits per heavy atom. The van der Waals surface area contributed by atoms with Crippen LogP contribution in [0.25, 0.3) is 0 Å². The minimum Gasteiger partial charge on any atom is -0.496 e. The van der Waals surface area contributed by atoms with Crippen molar-refractivity contribution in [1.29, 1.82) is 0 Å². The zero-order valence-corrected chi connectivity index (χ0v) is 13.2. The second kappa shape index (κ2) is 11.4. The van der Waals surface area contributed by atoms with Gasteiger partial charge in [-0.15, -0.1) is 23.5 Å². The van der Waals surface area contributed by atoms with E-state index in [0.29, 0.717) is 19.5 Å². The lowest BCUT2D eigenvalue weighted by atomic mass is 10.1. The molecule has 0 unspecified atom stereocenters. The van der Waals surface area contributed by atoms with Crippen LogP contribution < -0.4 is 10.5 Å². The first-order chi connectivity index (χ1) is 9.26. The van der Waals surface area contributed by atoms with Gasteiger partial charge in [-0.2, -0.15) is 0 Å². The number of methoxy groups -OCH3 is 1. The van der Waals surface area contributed by atoms with E-state index in [-0.39, 0.29) is 6.67 Å². The molecule has 110 valence electrons. The van der Waals surface area contributed by atoms with E-state index in [1.807, 2.05) is 12.3 Å². The van der Waals surface area contributed by atoms with Crippen molar-refractivity contribution in [3.63, 3.8) is 0 Å². The molecule has 19 heavy (non-hydrogen) atoms. The molecule has 0 fully saturated rings. The summed E-state index contributed by atoms with van der Waals surface area (Å²) >= 11 is 3.19. The summed E-state index contributed by atoms with van der Waals surface area (Å²) in [6, 6.07) is 4.08. The van der Waals surface area contributed by atoms with Crippen LogP contribution in [0.15, 0.2) is 21.9 Å². The van der Waals surface area contributed by atoms with Crippen molar-refractivity contribution < 1.29 is 13.5 Å². The van der Waals surface area contributed by atoms with Gasteiger partial charge < -0.3 is 10.5 Å². The highest BCUT2D eigenvalue weighted by atomic mass is 32.2. The smallest absolute Gasteiger partial charge is 0.123 e. The van der Waals surface area contributed by atoms with Crippen LogP contribution in [0.1, 0.15) is 5.56 Å². The number of thioether (sulfide) groups is 2. The normalized spacial score (nSPS) is 9.79. The summed E-state index contributed by atoms with van der Waals surface area (Å²) in [5, 5.41) is 0. The van der Waals surface area contributed by atoms with E-state index in [0.717, 1.165) is 27.5 Å². The maximum absolute atomic E-state index is 12.2. The average Bonchev–Trinajstić information content (AvgIpc) is 2.47. The van der Waals surface area contributed by atoms with Crippen molar-refractivity contribution in [3.05, 3.63) is 17.7 Å². The van der Waals surface area contributed by atoms with E-state index in [2.05, 4.69) is 6.07 Å². The molecule has 0 radical (unpaired) electrons. The Labute approximate surface area is 122 Å². The van der Waals surface area contributed by atoms with Gasteiger partial charge in [-0.1, -0.05) is 0 Å². The molecular weight excluding hydrogens is 288 g/mol. The summed E-state index contributed by atoms with van der Waals surface area (Å²) in [7, 11) is 2.15. The van der Waals surface area contributed by atoms with Gasteiger partial charge in [-0.25, -0.2) is 0 Å². The molecule has 0 bridgehead atoms. The summed E-state index contributed by atoms with van der Waals surface area (Å²) in [5.41, 5.74) is 6.69. The molecule has 0 amide bonds. The molecule has 1 rings (SSSR count). The van der Waals surface area contributed by atoms with Crippen LogP contribution in [0.5, 0.6) is 5.75 Å². The number of halogens is 2. The molecule has 0 saturated heterocycles. The second-order valence-electron chi connectivity index (χ2n) is 3.39. The first-order valence-electron chi connectivity index (χ1n) is 5.78. The lowest BCUT2D eigenvalue weighted by Gasteiger charge is -2.13. The molecule has 2 nitrogen and oxygen atoms in total. The minimum absolute atomic E-state index is 0.314. The molecule has 6 heteroatoms. The zero-order chi connectivity index (χ0) is 14.7. The fourth-order valence-corrected chi connectivity index (χ4v) is 3.18. The van der Waals surface area contributed by atoms with E-state index < -0.39 is 0 Å². The highest BCUT2D eigenvalue weighted by Gasteiger charge is 2.10.